The van der Waals surface area contributed by atoms with Crippen molar-refractivity contribution in [2.75, 3.05) is 11.9 Å². The van der Waals surface area contributed by atoms with E-state index in [0.717, 1.165) is 0 Å². The van der Waals surface area contributed by atoms with Crippen molar-refractivity contribution >= 4 is 23.5 Å². The van der Waals surface area contributed by atoms with Crippen LogP contribution in [0, 0.1) is 23.7 Å². The standard InChI is InChI=1S/C19H17F4NO5/c20-18(21)19(22,23)8-29-17(28)14-11-2-1-10(7-11)13(14)15(25)24-12-5-3-9(4-6-12)16(26)27/h1-6,10-11,13-14,18H,7-8H2,(H,24,25)(H,26,27)/t10-,11-,13-,14-/m0/s1. The number of esters is 1. The Morgan fingerprint density at radius 3 is 2.24 bits per heavy atom. The second kappa shape index (κ2) is 7.84. The zero-order valence-electron chi connectivity index (χ0n) is 14.9. The summed E-state index contributed by atoms with van der Waals surface area (Å²) < 4.78 is 55.1. The Hall–Kier alpha value is -2.91. The first kappa shape index (κ1) is 20.8. The van der Waals surface area contributed by atoms with Crippen LogP contribution in [0.4, 0.5) is 23.2 Å². The highest BCUT2D eigenvalue weighted by Crippen LogP contribution is 2.49. The van der Waals surface area contributed by atoms with Gasteiger partial charge in [0.2, 0.25) is 5.91 Å². The van der Waals surface area contributed by atoms with E-state index in [9.17, 15) is 31.9 Å². The number of carboxylic acids is 1. The van der Waals surface area contributed by atoms with E-state index in [0.29, 0.717) is 12.1 Å². The van der Waals surface area contributed by atoms with Crippen LogP contribution in [0.25, 0.3) is 0 Å². The Bertz CT molecular complexity index is 840. The number of halogens is 4. The van der Waals surface area contributed by atoms with Gasteiger partial charge in [-0.2, -0.15) is 8.78 Å². The largest absolute Gasteiger partial charge is 0.478 e. The molecule has 1 aromatic carbocycles. The molecule has 3 rings (SSSR count). The second-order valence-electron chi connectivity index (χ2n) is 7.04. The van der Waals surface area contributed by atoms with E-state index >= 15 is 0 Å². The lowest BCUT2D eigenvalue weighted by molar-refractivity contribution is -0.184. The molecule has 1 saturated carbocycles. The van der Waals surface area contributed by atoms with Crippen molar-refractivity contribution in [3.8, 4) is 0 Å². The predicted molar refractivity (Wildman–Crippen MR) is 91.7 cm³/mol. The molecule has 0 heterocycles. The monoisotopic (exact) mass is 415 g/mol. The Morgan fingerprint density at radius 2 is 1.69 bits per heavy atom. The van der Waals surface area contributed by atoms with Crippen LogP contribution in [-0.4, -0.2) is 41.9 Å². The molecule has 2 aliphatic rings. The van der Waals surface area contributed by atoms with Crippen LogP contribution in [0.2, 0.25) is 0 Å². The van der Waals surface area contributed by atoms with Crippen molar-refractivity contribution < 1.29 is 41.8 Å². The fourth-order valence-corrected chi connectivity index (χ4v) is 3.75. The Balaban J connectivity index is 1.69. The Labute approximate surface area is 162 Å². The molecule has 156 valence electrons. The lowest BCUT2D eigenvalue weighted by atomic mass is 9.82. The summed E-state index contributed by atoms with van der Waals surface area (Å²) in [4.78, 5) is 35.9. The molecule has 0 spiro atoms. The molecule has 1 fully saturated rings. The molecule has 0 aromatic heterocycles. The van der Waals surface area contributed by atoms with Crippen molar-refractivity contribution in [2.45, 2.75) is 18.8 Å². The van der Waals surface area contributed by atoms with E-state index in [1.165, 1.54) is 24.3 Å². The van der Waals surface area contributed by atoms with Gasteiger partial charge in [-0.3, -0.25) is 9.59 Å². The summed E-state index contributed by atoms with van der Waals surface area (Å²) in [7, 11) is 0. The number of rotatable bonds is 7. The van der Waals surface area contributed by atoms with Gasteiger partial charge in [0.15, 0.2) is 6.61 Å². The summed E-state index contributed by atoms with van der Waals surface area (Å²) in [5.41, 5.74) is 0.315. The summed E-state index contributed by atoms with van der Waals surface area (Å²) in [6, 6.07) is 5.33. The van der Waals surface area contributed by atoms with Gasteiger partial charge < -0.3 is 15.2 Å². The number of amides is 1. The fraction of sp³-hybridized carbons (Fsp3) is 0.421. The van der Waals surface area contributed by atoms with E-state index in [1.807, 2.05) is 0 Å². The molecular formula is C19H17F4NO5. The molecular weight excluding hydrogens is 398 g/mol. The highest BCUT2D eigenvalue weighted by Gasteiger charge is 2.53. The van der Waals surface area contributed by atoms with Crippen LogP contribution < -0.4 is 5.32 Å². The number of hydrogen-bond acceptors (Lipinski definition) is 4. The highest BCUT2D eigenvalue weighted by atomic mass is 19.3. The molecule has 6 nitrogen and oxygen atoms in total. The van der Waals surface area contributed by atoms with Crippen molar-refractivity contribution in [1.29, 1.82) is 0 Å². The van der Waals surface area contributed by atoms with Crippen LogP contribution in [0.3, 0.4) is 0 Å². The number of ether oxygens (including phenoxy) is 1. The number of aromatic carboxylic acids is 1. The second-order valence-corrected chi connectivity index (χ2v) is 7.04. The fourth-order valence-electron chi connectivity index (χ4n) is 3.75. The average Bonchev–Trinajstić information content (AvgIpc) is 3.28. The van der Waals surface area contributed by atoms with Crippen LogP contribution in [-0.2, 0) is 14.3 Å². The third-order valence-corrected chi connectivity index (χ3v) is 5.16. The molecule has 2 bridgehead atoms. The Kier molecular flexibility index (Phi) is 5.63. The zero-order chi connectivity index (χ0) is 21.3. The molecule has 10 heteroatoms. The molecule has 0 unspecified atom stereocenters. The minimum atomic E-state index is -4.47. The van der Waals surface area contributed by atoms with Gasteiger partial charge in [0, 0.05) is 5.69 Å². The highest BCUT2D eigenvalue weighted by molar-refractivity contribution is 5.97. The first-order valence-electron chi connectivity index (χ1n) is 8.75. The van der Waals surface area contributed by atoms with E-state index < -0.39 is 54.6 Å². The topological polar surface area (TPSA) is 92.7 Å². The minimum absolute atomic E-state index is 0.0206. The smallest absolute Gasteiger partial charge is 0.340 e. The molecule has 1 amide bonds. The maximum Gasteiger partial charge on any atom is 0.340 e. The molecule has 2 aliphatic carbocycles. The quantitative estimate of drug-likeness (QED) is 0.405. The van der Waals surface area contributed by atoms with E-state index in [2.05, 4.69) is 10.1 Å². The third-order valence-electron chi connectivity index (χ3n) is 5.16. The van der Waals surface area contributed by atoms with Crippen LogP contribution in [0.15, 0.2) is 36.4 Å². The van der Waals surface area contributed by atoms with Gasteiger partial charge in [-0.25, -0.2) is 13.6 Å². The van der Waals surface area contributed by atoms with Crippen molar-refractivity contribution in [1.82, 2.24) is 0 Å². The molecule has 1 aromatic rings. The van der Waals surface area contributed by atoms with E-state index in [-0.39, 0.29) is 11.5 Å². The molecule has 2 N–H and O–H groups in total. The number of alkyl halides is 4. The molecule has 0 saturated heterocycles. The SMILES string of the molecule is O=C(O)c1ccc(NC(=O)[C@@H]2[C@@H](C(=O)OCC(F)(F)C(F)F)[C@H]3C=C[C@H]2C3)cc1. The molecule has 0 aliphatic heterocycles. The number of anilines is 1. The summed E-state index contributed by atoms with van der Waals surface area (Å²) in [5, 5.41) is 11.5. The van der Waals surface area contributed by atoms with Gasteiger partial charge in [-0.15, -0.1) is 0 Å². The number of carbonyl (C=O) groups excluding carboxylic acids is 2. The van der Waals surface area contributed by atoms with Crippen LogP contribution in [0.1, 0.15) is 16.8 Å². The lowest BCUT2D eigenvalue weighted by Gasteiger charge is -2.26. The normalized spacial score (nSPS) is 25.3. The lowest BCUT2D eigenvalue weighted by Crippen LogP contribution is -2.40. The number of hydrogen-bond donors (Lipinski definition) is 2. The molecule has 29 heavy (non-hydrogen) atoms. The maximum absolute atomic E-state index is 13.1. The summed E-state index contributed by atoms with van der Waals surface area (Å²) in [5.74, 6) is -9.97. The van der Waals surface area contributed by atoms with Gasteiger partial charge in [0.05, 0.1) is 17.4 Å². The van der Waals surface area contributed by atoms with Gasteiger partial charge >= 0.3 is 24.3 Å². The van der Waals surface area contributed by atoms with Gasteiger partial charge in [-0.05, 0) is 42.5 Å². The van der Waals surface area contributed by atoms with Crippen LogP contribution >= 0.6 is 0 Å². The maximum atomic E-state index is 13.1. The zero-order valence-corrected chi connectivity index (χ0v) is 14.9. The predicted octanol–water partition coefficient (Wildman–Crippen LogP) is 3.21. The first-order chi connectivity index (χ1) is 13.6. The van der Waals surface area contributed by atoms with Gasteiger partial charge in [0.1, 0.15) is 0 Å². The first-order valence-corrected chi connectivity index (χ1v) is 8.75. The van der Waals surface area contributed by atoms with Crippen molar-refractivity contribution in [3.05, 3.63) is 42.0 Å². The minimum Gasteiger partial charge on any atom is -0.478 e. The van der Waals surface area contributed by atoms with Crippen molar-refractivity contribution in [3.63, 3.8) is 0 Å². The number of allylic oxidation sites excluding steroid dienone is 2. The number of fused-ring (bicyclic) bond motifs is 2. The summed E-state index contributed by atoms with van der Waals surface area (Å²) >= 11 is 0. The van der Waals surface area contributed by atoms with E-state index in [4.69, 9.17) is 5.11 Å². The Morgan fingerprint density at radius 1 is 1.10 bits per heavy atom. The number of nitrogens with one attached hydrogen (secondary N) is 1. The summed E-state index contributed by atoms with van der Waals surface area (Å²) in [6.45, 7) is -1.76. The number of carbonyl (C=O) groups is 3. The van der Waals surface area contributed by atoms with Gasteiger partial charge in [0.25, 0.3) is 0 Å². The van der Waals surface area contributed by atoms with E-state index in [1.54, 1.807) is 12.2 Å². The van der Waals surface area contributed by atoms with Gasteiger partial charge in [-0.1, -0.05) is 12.2 Å². The number of carboxylic acid groups (broad SMARTS) is 1. The molecule has 0 radical (unpaired) electrons. The summed E-state index contributed by atoms with van der Waals surface area (Å²) in [6.07, 6.45) is -0.0861. The van der Waals surface area contributed by atoms with Crippen LogP contribution in [0.5, 0.6) is 0 Å². The molecule has 4 atom stereocenters. The number of benzene rings is 1. The average molecular weight is 415 g/mol. The third kappa shape index (κ3) is 4.25. The van der Waals surface area contributed by atoms with Crippen molar-refractivity contribution in [2.24, 2.45) is 23.7 Å².